The SMILES string of the molecule is C=NC1CCC(Nc2ccc(S(=O)(=O)NC(=O)c3ccc(N4CCN(CC5=C(C67CC(C)(C6)C7)CC(C)(C)CC5)CC4)cc3Oc3cnc4[nH]ccc4c3)cc2C)CC1. The Morgan fingerprint density at radius 2 is 1.76 bits per heavy atom. The number of aromatic nitrogens is 2. The molecule has 59 heavy (non-hydrogen) atoms. The lowest BCUT2D eigenvalue weighted by molar-refractivity contribution is -0.167. The number of amides is 1. The van der Waals surface area contributed by atoms with Crippen LogP contribution in [0.25, 0.3) is 11.0 Å². The van der Waals surface area contributed by atoms with E-state index in [2.05, 4.69) is 62.3 Å². The van der Waals surface area contributed by atoms with E-state index in [9.17, 15) is 13.2 Å². The molecule has 6 aliphatic rings. The molecule has 2 aromatic heterocycles. The van der Waals surface area contributed by atoms with Crippen LogP contribution in [-0.2, 0) is 10.0 Å². The van der Waals surface area contributed by atoms with Crippen molar-refractivity contribution in [1.29, 1.82) is 0 Å². The van der Waals surface area contributed by atoms with E-state index in [4.69, 9.17) is 4.74 Å². The summed E-state index contributed by atoms with van der Waals surface area (Å²) in [5.41, 5.74) is 8.39. The summed E-state index contributed by atoms with van der Waals surface area (Å²) in [6, 6.07) is 14.7. The fourth-order valence-electron chi connectivity index (χ4n) is 11.0. The molecule has 11 nitrogen and oxygen atoms in total. The van der Waals surface area contributed by atoms with Crippen molar-refractivity contribution >= 4 is 45.1 Å². The first kappa shape index (κ1) is 39.8. The number of aromatic amines is 1. The Balaban J connectivity index is 0.907. The minimum atomic E-state index is -4.21. The van der Waals surface area contributed by atoms with E-state index in [1.54, 1.807) is 41.6 Å². The number of pyridine rings is 1. The molecule has 3 heterocycles. The molecule has 0 spiro atoms. The number of carbonyl (C=O) groups is 1. The topological polar surface area (TPSA) is 132 Å². The minimum Gasteiger partial charge on any atom is -0.455 e. The Morgan fingerprint density at radius 1 is 1.00 bits per heavy atom. The smallest absolute Gasteiger partial charge is 0.268 e. The van der Waals surface area contributed by atoms with Gasteiger partial charge in [-0.05, 0) is 142 Å². The fraction of sp³-hybridized carbons (Fsp3) is 0.511. The highest BCUT2D eigenvalue weighted by Crippen LogP contribution is 2.77. The molecule has 5 fully saturated rings. The van der Waals surface area contributed by atoms with Crippen LogP contribution in [-0.4, -0.2) is 80.7 Å². The van der Waals surface area contributed by atoms with Crippen LogP contribution in [0.3, 0.4) is 0 Å². The van der Waals surface area contributed by atoms with E-state index in [1.807, 2.05) is 37.4 Å². The van der Waals surface area contributed by atoms with Gasteiger partial charge in [-0.25, -0.2) is 18.1 Å². The fourth-order valence-corrected chi connectivity index (χ4v) is 12.1. The monoisotopic (exact) mass is 817 g/mol. The second-order valence-corrected chi connectivity index (χ2v) is 21.1. The predicted molar refractivity (Wildman–Crippen MR) is 235 cm³/mol. The normalized spacial score (nSPS) is 26.8. The number of rotatable bonds is 12. The van der Waals surface area contributed by atoms with Crippen molar-refractivity contribution in [2.24, 2.45) is 21.2 Å². The number of nitrogens with one attached hydrogen (secondary N) is 3. The average molecular weight is 818 g/mol. The van der Waals surface area contributed by atoms with Gasteiger partial charge in [0.15, 0.2) is 0 Å². The zero-order valence-electron chi connectivity index (χ0n) is 35.1. The van der Waals surface area contributed by atoms with Crippen LogP contribution in [0, 0.1) is 23.2 Å². The number of fused-ring (bicyclic) bond motifs is 1. The number of hydrogen-bond donors (Lipinski definition) is 3. The van der Waals surface area contributed by atoms with Crippen LogP contribution in [0.5, 0.6) is 11.5 Å². The number of aliphatic imine (C=N–C) groups is 1. The number of allylic oxidation sites excluding steroid dienone is 1. The molecule has 0 atom stereocenters. The Hall–Kier alpha value is -4.68. The summed E-state index contributed by atoms with van der Waals surface area (Å²) < 4.78 is 36.2. The maximum absolute atomic E-state index is 13.9. The highest BCUT2D eigenvalue weighted by atomic mass is 32.2. The third kappa shape index (κ3) is 8.02. The van der Waals surface area contributed by atoms with Crippen LogP contribution >= 0.6 is 0 Å². The van der Waals surface area contributed by atoms with Gasteiger partial charge in [-0.1, -0.05) is 31.9 Å². The first-order chi connectivity index (χ1) is 28.2. The summed E-state index contributed by atoms with van der Waals surface area (Å²) in [6.07, 6.45) is 15.2. The summed E-state index contributed by atoms with van der Waals surface area (Å²) in [5.74, 6) is -0.0587. The quantitative estimate of drug-likeness (QED) is 0.0954. The van der Waals surface area contributed by atoms with Gasteiger partial charge < -0.3 is 19.9 Å². The molecular formula is C47H59N7O4S. The van der Waals surface area contributed by atoms with Crippen molar-refractivity contribution in [3.63, 3.8) is 0 Å². The van der Waals surface area contributed by atoms with E-state index in [0.29, 0.717) is 34.1 Å². The number of anilines is 2. The first-order valence-electron chi connectivity index (χ1n) is 21.5. The molecule has 4 aromatic rings. The zero-order chi connectivity index (χ0) is 41.2. The number of ether oxygens (including phenoxy) is 1. The van der Waals surface area contributed by atoms with Crippen molar-refractivity contribution in [3.8, 4) is 11.5 Å². The largest absolute Gasteiger partial charge is 0.455 e. The van der Waals surface area contributed by atoms with Crippen molar-refractivity contribution in [3.05, 3.63) is 83.2 Å². The zero-order valence-corrected chi connectivity index (χ0v) is 35.9. The molecule has 1 saturated heterocycles. The molecule has 2 aromatic carbocycles. The number of sulfonamides is 1. The minimum absolute atomic E-state index is 0.0193. The number of piperazine rings is 1. The molecule has 1 aliphatic heterocycles. The van der Waals surface area contributed by atoms with Gasteiger partial charge >= 0.3 is 0 Å². The lowest BCUT2D eigenvalue weighted by Gasteiger charge is -2.72. The van der Waals surface area contributed by atoms with Crippen LogP contribution in [0.15, 0.2) is 82.0 Å². The maximum Gasteiger partial charge on any atom is 0.268 e. The predicted octanol–water partition coefficient (Wildman–Crippen LogP) is 9.02. The molecule has 3 N–H and O–H groups in total. The molecule has 5 aliphatic carbocycles. The lowest BCUT2D eigenvalue weighted by Crippen LogP contribution is -2.61. The van der Waals surface area contributed by atoms with Gasteiger partial charge in [-0.2, -0.15) is 0 Å². The second-order valence-electron chi connectivity index (χ2n) is 19.4. The Morgan fingerprint density at radius 3 is 2.47 bits per heavy atom. The van der Waals surface area contributed by atoms with Gasteiger partial charge in [0.2, 0.25) is 0 Å². The van der Waals surface area contributed by atoms with Crippen molar-refractivity contribution in [2.75, 3.05) is 42.9 Å². The van der Waals surface area contributed by atoms with Crippen molar-refractivity contribution < 1.29 is 17.9 Å². The third-order valence-electron chi connectivity index (χ3n) is 14.1. The van der Waals surface area contributed by atoms with Gasteiger partial charge in [0.25, 0.3) is 15.9 Å². The molecule has 0 unspecified atom stereocenters. The number of hydrogen-bond acceptors (Lipinski definition) is 9. The van der Waals surface area contributed by atoms with E-state index in [1.165, 1.54) is 38.5 Å². The summed E-state index contributed by atoms with van der Waals surface area (Å²) in [6.45, 7) is 17.5. The van der Waals surface area contributed by atoms with Crippen LogP contribution in [0.1, 0.15) is 101 Å². The lowest BCUT2D eigenvalue weighted by atomic mass is 9.33. The van der Waals surface area contributed by atoms with Crippen LogP contribution < -0.4 is 19.7 Å². The number of H-pyrrole nitrogens is 1. The van der Waals surface area contributed by atoms with Gasteiger partial charge in [-0.15, -0.1) is 0 Å². The summed E-state index contributed by atoms with van der Waals surface area (Å²) in [4.78, 5) is 30.7. The third-order valence-corrected chi connectivity index (χ3v) is 15.5. The molecule has 312 valence electrons. The van der Waals surface area contributed by atoms with Crippen LogP contribution in [0.2, 0.25) is 0 Å². The van der Waals surface area contributed by atoms with E-state index >= 15 is 0 Å². The molecule has 0 radical (unpaired) electrons. The average Bonchev–Trinajstić information content (AvgIpc) is 3.66. The second kappa shape index (κ2) is 15.1. The molecule has 10 rings (SSSR count). The number of benzene rings is 2. The first-order valence-corrected chi connectivity index (χ1v) is 23.0. The number of carbonyl (C=O) groups excluding carboxylic acids is 1. The molecule has 12 heteroatoms. The van der Waals surface area contributed by atoms with Crippen molar-refractivity contribution in [2.45, 2.75) is 109 Å². The Bertz CT molecular complexity index is 2400. The standard InChI is InChI=1S/C47H59N7O4S/c1-31-22-38(11-13-41(31)51-35-8-6-34(48-5)7-9-35)59(56,57)52-44(55)39-12-10-36(24-42(39)58-37-23-32-15-17-49-43(32)50-26-37)54-20-18-53(19-21-54)27-33-14-16-45(2,3)25-40(33)47-28-46(4,29-47)30-47/h10-13,15,17,22-24,26,34-35,51H,5-9,14,16,18-21,25,27-30H2,1-4H3,(H,49,50)(H,52,55). The van der Waals surface area contributed by atoms with Gasteiger partial charge in [0.05, 0.1) is 16.7 Å². The van der Waals surface area contributed by atoms with E-state index in [-0.39, 0.29) is 16.2 Å². The van der Waals surface area contributed by atoms with Crippen LogP contribution in [0.4, 0.5) is 11.4 Å². The number of aryl methyl sites for hydroxylation is 1. The van der Waals surface area contributed by atoms with E-state index in [0.717, 1.165) is 86.4 Å². The Labute approximate surface area is 349 Å². The molecular weight excluding hydrogens is 759 g/mol. The summed E-state index contributed by atoms with van der Waals surface area (Å²) in [7, 11) is -4.21. The van der Waals surface area contributed by atoms with Gasteiger partial charge in [0.1, 0.15) is 17.1 Å². The van der Waals surface area contributed by atoms with Gasteiger partial charge in [0, 0.05) is 73.8 Å². The highest BCUT2D eigenvalue weighted by molar-refractivity contribution is 7.90. The van der Waals surface area contributed by atoms with Crippen molar-refractivity contribution in [1.82, 2.24) is 19.6 Å². The maximum atomic E-state index is 13.9. The highest BCUT2D eigenvalue weighted by Gasteiger charge is 2.66. The summed E-state index contributed by atoms with van der Waals surface area (Å²) in [5, 5.41) is 4.43. The Kier molecular flexibility index (Phi) is 10.2. The van der Waals surface area contributed by atoms with E-state index < -0.39 is 15.9 Å². The molecule has 1 amide bonds. The molecule has 4 saturated carbocycles. The summed E-state index contributed by atoms with van der Waals surface area (Å²) >= 11 is 0. The molecule has 2 bridgehead atoms. The number of nitrogens with zero attached hydrogens (tertiary/aromatic N) is 4. The van der Waals surface area contributed by atoms with Gasteiger partial charge in [-0.3, -0.25) is 14.7 Å².